The number of aryl methyl sites for hydroxylation is 1. The van der Waals surface area contributed by atoms with Gasteiger partial charge in [-0.2, -0.15) is 0 Å². The lowest BCUT2D eigenvalue weighted by atomic mass is 9.90. The highest BCUT2D eigenvalue weighted by atomic mass is 79.9. The summed E-state index contributed by atoms with van der Waals surface area (Å²) in [6.07, 6.45) is 2.52. The summed E-state index contributed by atoms with van der Waals surface area (Å²) in [5.74, 6) is 2.13. The number of rotatable bonds is 3. The van der Waals surface area contributed by atoms with Gasteiger partial charge in [0.1, 0.15) is 11.6 Å². The zero-order chi connectivity index (χ0) is 12.9. The molecule has 0 N–H and O–H groups in total. The van der Waals surface area contributed by atoms with Crippen molar-refractivity contribution in [1.29, 1.82) is 0 Å². The molecule has 0 aromatic carbocycles. The van der Waals surface area contributed by atoms with Crippen LogP contribution in [0.1, 0.15) is 49.3 Å². The van der Waals surface area contributed by atoms with Crippen LogP contribution in [0.15, 0.2) is 15.9 Å². The fraction of sp³-hybridized carbons (Fsp3) is 0.538. The lowest BCUT2D eigenvalue weighted by molar-refractivity contribution is 0.538. The van der Waals surface area contributed by atoms with Crippen LogP contribution in [-0.2, 0) is 5.41 Å². The summed E-state index contributed by atoms with van der Waals surface area (Å²) in [5.41, 5.74) is -0.0828. The average Bonchev–Trinajstić information content (AvgIpc) is 2.92. The zero-order valence-corrected chi connectivity index (χ0v) is 13.2. The average molecular weight is 326 g/mol. The lowest BCUT2D eigenvalue weighted by Gasteiger charge is -2.23. The fourth-order valence-electron chi connectivity index (χ4n) is 2.33. The highest BCUT2D eigenvalue weighted by Gasteiger charge is 2.36. The molecule has 3 nitrogen and oxygen atoms in total. The van der Waals surface area contributed by atoms with Crippen LogP contribution in [0, 0.1) is 6.92 Å². The Morgan fingerprint density at radius 1 is 1.33 bits per heavy atom. The molecule has 0 aliphatic heterocycles. The van der Waals surface area contributed by atoms with E-state index in [1.54, 1.807) is 11.3 Å². The Labute approximate surface area is 119 Å². The molecule has 2 aromatic rings. The first-order chi connectivity index (χ1) is 8.50. The zero-order valence-electron chi connectivity index (χ0n) is 10.8. The molecule has 5 heteroatoms. The lowest BCUT2D eigenvalue weighted by Crippen LogP contribution is -2.23. The SMILES string of the molecule is Cc1nnc(C(C)(C)c2ccc(Br)s2)n1C1CC1. The van der Waals surface area contributed by atoms with E-state index >= 15 is 0 Å². The van der Waals surface area contributed by atoms with Crippen LogP contribution in [0.3, 0.4) is 0 Å². The summed E-state index contributed by atoms with van der Waals surface area (Å²) in [7, 11) is 0. The van der Waals surface area contributed by atoms with E-state index in [-0.39, 0.29) is 5.41 Å². The molecule has 0 radical (unpaired) electrons. The molecule has 1 aliphatic rings. The maximum Gasteiger partial charge on any atom is 0.144 e. The highest BCUT2D eigenvalue weighted by Crippen LogP contribution is 2.42. The van der Waals surface area contributed by atoms with E-state index in [4.69, 9.17) is 0 Å². The maximum absolute atomic E-state index is 4.44. The van der Waals surface area contributed by atoms with Crippen LogP contribution >= 0.6 is 27.3 Å². The van der Waals surface area contributed by atoms with E-state index in [0.29, 0.717) is 6.04 Å². The Morgan fingerprint density at radius 3 is 2.61 bits per heavy atom. The van der Waals surface area contributed by atoms with Gasteiger partial charge in [-0.25, -0.2) is 0 Å². The minimum absolute atomic E-state index is 0.0828. The molecule has 0 unspecified atom stereocenters. The molecule has 0 spiro atoms. The Kier molecular flexibility index (Phi) is 2.86. The molecule has 2 aromatic heterocycles. The minimum atomic E-state index is -0.0828. The van der Waals surface area contributed by atoms with Crippen molar-refractivity contribution in [3.8, 4) is 0 Å². The molecule has 0 bridgehead atoms. The van der Waals surface area contributed by atoms with Crippen molar-refractivity contribution in [3.63, 3.8) is 0 Å². The van der Waals surface area contributed by atoms with Gasteiger partial charge in [-0.1, -0.05) is 0 Å². The predicted octanol–water partition coefficient (Wildman–Crippen LogP) is 4.07. The molecule has 18 heavy (non-hydrogen) atoms. The second-order valence-electron chi connectivity index (χ2n) is 5.40. The third-order valence-electron chi connectivity index (χ3n) is 3.53. The minimum Gasteiger partial charge on any atom is -0.311 e. The third kappa shape index (κ3) is 1.93. The van der Waals surface area contributed by atoms with Gasteiger partial charge in [0.05, 0.1) is 9.20 Å². The Balaban J connectivity index is 2.08. The summed E-state index contributed by atoms with van der Waals surface area (Å²) in [4.78, 5) is 1.32. The van der Waals surface area contributed by atoms with Gasteiger partial charge in [-0.3, -0.25) is 0 Å². The molecule has 1 saturated carbocycles. The molecule has 2 heterocycles. The molecule has 0 atom stereocenters. The number of hydrogen-bond donors (Lipinski definition) is 0. The van der Waals surface area contributed by atoms with Crippen molar-refractivity contribution < 1.29 is 0 Å². The smallest absolute Gasteiger partial charge is 0.144 e. The number of hydrogen-bond acceptors (Lipinski definition) is 3. The van der Waals surface area contributed by atoms with Gasteiger partial charge in [-0.05, 0) is 61.7 Å². The summed E-state index contributed by atoms with van der Waals surface area (Å²) >= 11 is 5.31. The number of halogens is 1. The van der Waals surface area contributed by atoms with Gasteiger partial charge >= 0.3 is 0 Å². The van der Waals surface area contributed by atoms with Crippen molar-refractivity contribution in [2.24, 2.45) is 0 Å². The molecule has 1 aliphatic carbocycles. The fourth-order valence-corrected chi connectivity index (χ4v) is 3.81. The maximum atomic E-state index is 4.44. The van der Waals surface area contributed by atoms with Gasteiger partial charge in [0.15, 0.2) is 0 Å². The van der Waals surface area contributed by atoms with E-state index in [1.807, 2.05) is 0 Å². The molecule has 1 fully saturated rings. The van der Waals surface area contributed by atoms with Crippen LogP contribution in [0.5, 0.6) is 0 Å². The van der Waals surface area contributed by atoms with Crippen molar-refractivity contribution in [2.75, 3.05) is 0 Å². The van der Waals surface area contributed by atoms with E-state index in [1.165, 1.54) is 21.5 Å². The van der Waals surface area contributed by atoms with E-state index in [9.17, 15) is 0 Å². The van der Waals surface area contributed by atoms with Crippen molar-refractivity contribution in [3.05, 3.63) is 32.4 Å². The summed E-state index contributed by atoms with van der Waals surface area (Å²) < 4.78 is 3.49. The predicted molar refractivity (Wildman–Crippen MR) is 77.2 cm³/mol. The number of nitrogens with zero attached hydrogens (tertiary/aromatic N) is 3. The highest BCUT2D eigenvalue weighted by molar-refractivity contribution is 9.11. The molecule has 0 amide bonds. The Hall–Kier alpha value is -0.680. The largest absolute Gasteiger partial charge is 0.311 e. The Morgan fingerprint density at radius 2 is 2.06 bits per heavy atom. The van der Waals surface area contributed by atoms with Gasteiger partial charge in [0.2, 0.25) is 0 Å². The van der Waals surface area contributed by atoms with E-state index in [0.717, 1.165) is 11.6 Å². The summed E-state index contributed by atoms with van der Waals surface area (Å²) in [6, 6.07) is 4.90. The topological polar surface area (TPSA) is 30.7 Å². The standard InChI is InChI=1S/C13H16BrN3S/c1-8-15-16-12(17(8)9-4-5-9)13(2,3)10-6-7-11(14)18-10/h6-7,9H,4-5H2,1-3H3. The molecule has 96 valence electrons. The molecule has 0 saturated heterocycles. The summed E-state index contributed by atoms with van der Waals surface area (Å²) in [5, 5.41) is 8.72. The van der Waals surface area contributed by atoms with Crippen LogP contribution < -0.4 is 0 Å². The normalized spacial score (nSPS) is 16.2. The van der Waals surface area contributed by atoms with Crippen molar-refractivity contribution in [1.82, 2.24) is 14.8 Å². The quantitative estimate of drug-likeness (QED) is 0.851. The number of thiophene rings is 1. The van der Waals surface area contributed by atoms with Gasteiger partial charge in [0.25, 0.3) is 0 Å². The first kappa shape index (κ1) is 12.4. The first-order valence-corrected chi connectivity index (χ1v) is 7.79. The van der Waals surface area contributed by atoms with Gasteiger partial charge < -0.3 is 4.57 Å². The molecular weight excluding hydrogens is 310 g/mol. The molecular formula is C13H16BrN3S. The first-order valence-electron chi connectivity index (χ1n) is 6.18. The van der Waals surface area contributed by atoms with E-state index < -0.39 is 0 Å². The molecule has 3 rings (SSSR count). The van der Waals surface area contributed by atoms with Crippen molar-refractivity contribution in [2.45, 2.75) is 45.1 Å². The van der Waals surface area contributed by atoms with Gasteiger partial charge in [0, 0.05) is 10.9 Å². The Bertz CT molecular complexity index is 581. The van der Waals surface area contributed by atoms with E-state index in [2.05, 4.69) is 63.6 Å². The van der Waals surface area contributed by atoms with Crippen LogP contribution in [0.2, 0.25) is 0 Å². The van der Waals surface area contributed by atoms with Crippen LogP contribution in [-0.4, -0.2) is 14.8 Å². The second-order valence-corrected chi connectivity index (χ2v) is 7.86. The summed E-state index contributed by atoms with van der Waals surface area (Å²) in [6.45, 7) is 6.51. The van der Waals surface area contributed by atoms with Crippen molar-refractivity contribution >= 4 is 27.3 Å². The van der Waals surface area contributed by atoms with Gasteiger partial charge in [-0.15, -0.1) is 21.5 Å². The monoisotopic (exact) mass is 325 g/mol. The van der Waals surface area contributed by atoms with Crippen LogP contribution in [0.25, 0.3) is 0 Å². The number of aromatic nitrogens is 3. The third-order valence-corrected chi connectivity index (χ3v) is 5.47. The van der Waals surface area contributed by atoms with Crippen LogP contribution in [0.4, 0.5) is 0 Å². The second kappa shape index (κ2) is 4.17.